The topological polar surface area (TPSA) is 219 Å². The molecule has 18 heteroatoms. The van der Waals surface area contributed by atoms with Crippen molar-refractivity contribution in [1.29, 1.82) is 5.41 Å². The van der Waals surface area contributed by atoms with E-state index in [1.807, 2.05) is 0 Å². The lowest BCUT2D eigenvalue weighted by molar-refractivity contribution is -0.143. The Morgan fingerprint density at radius 2 is 1.63 bits per heavy atom. The fourth-order valence-electron chi connectivity index (χ4n) is 5.45. The Morgan fingerprint density at radius 1 is 0.912 bits per heavy atom. The number of hydrogen-bond acceptors (Lipinski definition) is 13. The number of carbonyl (C=O) groups is 5. The van der Waals surface area contributed by atoms with Crippen LogP contribution in [0.25, 0.3) is 11.1 Å². The first kappa shape index (κ1) is 46.4. The molecule has 1 aromatic heterocycles. The molecule has 0 aliphatic carbocycles. The van der Waals surface area contributed by atoms with E-state index in [0.29, 0.717) is 64.7 Å². The third-order valence-corrected chi connectivity index (χ3v) is 12.3. The Hall–Kier alpha value is -4.94. The largest absolute Gasteiger partial charge is 0.469 e. The van der Waals surface area contributed by atoms with Crippen molar-refractivity contribution in [3.05, 3.63) is 52.9 Å². The summed E-state index contributed by atoms with van der Waals surface area (Å²) in [5, 5.41) is 19.2. The molecule has 0 saturated carbocycles. The number of methoxy groups -OCH3 is 1. The molecule has 0 aliphatic heterocycles. The second-order valence-corrected chi connectivity index (χ2v) is 17.7. The number of thioether (sulfide) groups is 1. The zero-order valence-electron chi connectivity index (χ0n) is 33.2. The van der Waals surface area contributed by atoms with E-state index in [1.54, 1.807) is 65.1 Å². The summed E-state index contributed by atoms with van der Waals surface area (Å²) >= 11 is 2.23. The van der Waals surface area contributed by atoms with Gasteiger partial charge in [-0.05, 0) is 102 Å². The van der Waals surface area contributed by atoms with Gasteiger partial charge in [0.25, 0.3) is 0 Å². The zero-order valence-corrected chi connectivity index (χ0v) is 35.7. The first-order valence-corrected chi connectivity index (χ1v) is 21.7. The van der Waals surface area contributed by atoms with Gasteiger partial charge in [-0.1, -0.05) is 18.6 Å². The molecular weight excluding hydrogens is 795 g/mol. The number of esters is 2. The van der Waals surface area contributed by atoms with Gasteiger partial charge in [0.2, 0.25) is 15.7 Å². The molecule has 0 saturated heterocycles. The van der Waals surface area contributed by atoms with Gasteiger partial charge in [-0.3, -0.25) is 25.1 Å². The number of thiophene rings is 1. The average Bonchev–Trinajstić information content (AvgIpc) is 3.58. The van der Waals surface area contributed by atoms with E-state index in [1.165, 1.54) is 37.1 Å². The lowest BCUT2D eigenvalue weighted by Crippen LogP contribution is -2.36. The molecule has 0 unspecified atom stereocenters. The minimum Gasteiger partial charge on any atom is -0.469 e. The molecule has 1 heterocycles. The van der Waals surface area contributed by atoms with Gasteiger partial charge in [-0.2, -0.15) is 0 Å². The lowest BCUT2D eigenvalue weighted by atomic mass is 9.97. The van der Waals surface area contributed by atoms with Gasteiger partial charge in [-0.25, -0.2) is 18.0 Å². The molecule has 4 amide bonds. The molecule has 3 rings (SSSR count). The number of unbranched alkanes of at least 4 members (excludes halogenated alkanes) is 2. The number of benzene rings is 2. The summed E-state index contributed by atoms with van der Waals surface area (Å²) in [4.78, 5) is 61.6. The molecule has 15 nitrogen and oxygen atoms in total. The Bertz CT molecular complexity index is 2060. The Morgan fingerprint density at radius 3 is 2.30 bits per heavy atom. The minimum absolute atomic E-state index is 0.00788. The van der Waals surface area contributed by atoms with Crippen molar-refractivity contribution >= 4 is 80.1 Å². The molecule has 0 radical (unpaired) electrons. The molecule has 310 valence electrons. The van der Waals surface area contributed by atoms with E-state index in [-0.39, 0.29) is 45.7 Å². The van der Waals surface area contributed by atoms with E-state index in [0.717, 1.165) is 17.8 Å². The highest BCUT2D eigenvalue weighted by atomic mass is 32.2. The Balaban J connectivity index is 1.91. The number of sulfone groups is 1. The van der Waals surface area contributed by atoms with E-state index in [9.17, 15) is 32.4 Å². The number of amidine groups is 1. The molecule has 2 aromatic carbocycles. The molecular formula is C39H51N5O10S3. The maximum absolute atomic E-state index is 14.2. The van der Waals surface area contributed by atoms with Crippen LogP contribution in [0.15, 0.2) is 56.5 Å². The second-order valence-electron chi connectivity index (χ2n) is 13.7. The number of amides is 4. The van der Waals surface area contributed by atoms with Gasteiger partial charge < -0.3 is 30.2 Å². The first-order chi connectivity index (χ1) is 26.9. The summed E-state index contributed by atoms with van der Waals surface area (Å²) in [6, 6.07) is 10.3. The van der Waals surface area contributed by atoms with E-state index >= 15 is 0 Å². The molecule has 3 aromatic rings. The van der Waals surface area contributed by atoms with Crippen LogP contribution in [0.2, 0.25) is 0 Å². The predicted molar refractivity (Wildman–Crippen MR) is 221 cm³/mol. The number of alkyl carbamates (subject to hydrolysis) is 1. The van der Waals surface area contributed by atoms with Gasteiger partial charge in [-0.15, -0.1) is 23.1 Å². The predicted octanol–water partition coefficient (Wildman–Crippen LogP) is 7.66. The van der Waals surface area contributed by atoms with Crippen LogP contribution in [-0.4, -0.2) is 76.3 Å². The summed E-state index contributed by atoms with van der Waals surface area (Å²) in [7, 11) is -2.91. The standard InChI is InChI=1S/C39H51N5O10S3/c1-8-53-33(47)17-10-9-11-19-41-37(48)42-26-20-24(2)34(28(22-26)43-31(45)16-13-18-32(46)52-6)25-14-12-15-27(21-25)57(50,51)30-23-29(56-36(30)55-7)35(40)44-38(49)54-39(3,4)5/h12,14-15,20-23H,8-11,13,16-19H2,1-7H3,(H,43,45)(H2,40,44,49)(H2,41,42,48). The highest BCUT2D eigenvalue weighted by Gasteiger charge is 2.27. The first-order valence-electron chi connectivity index (χ1n) is 18.2. The summed E-state index contributed by atoms with van der Waals surface area (Å²) < 4.78 is 43.6. The van der Waals surface area contributed by atoms with Crippen LogP contribution in [0.5, 0.6) is 0 Å². The van der Waals surface area contributed by atoms with Crippen molar-refractivity contribution in [3.8, 4) is 11.1 Å². The van der Waals surface area contributed by atoms with Gasteiger partial charge >= 0.3 is 24.1 Å². The molecule has 0 bridgehead atoms. The van der Waals surface area contributed by atoms with Gasteiger partial charge in [0.15, 0.2) is 0 Å². The quantitative estimate of drug-likeness (QED) is 0.0209. The van der Waals surface area contributed by atoms with E-state index in [2.05, 4.69) is 26.0 Å². The maximum Gasteiger partial charge on any atom is 0.413 e. The van der Waals surface area contributed by atoms with Crippen molar-refractivity contribution in [2.24, 2.45) is 0 Å². The number of ether oxygens (including phenoxy) is 3. The Labute approximate surface area is 341 Å². The van der Waals surface area contributed by atoms with E-state index in [4.69, 9.17) is 14.9 Å². The highest BCUT2D eigenvalue weighted by molar-refractivity contribution is 8.01. The highest BCUT2D eigenvalue weighted by Crippen LogP contribution is 2.40. The van der Waals surface area contributed by atoms with Gasteiger partial charge in [0.05, 0.1) is 38.3 Å². The molecule has 5 N–H and O–H groups in total. The van der Waals surface area contributed by atoms with Gasteiger partial charge in [0.1, 0.15) is 11.4 Å². The fraction of sp³-hybridized carbons (Fsp3) is 0.436. The number of anilines is 2. The fourth-order valence-corrected chi connectivity index (χ4v) is 9.40. The summed E-state index contributed by atoms with van der Waals surface area (Å²) in [5.41, 5.74) is 1.43. The molecule has 0 spiro atoms. The van der Waals surface area contributed by atoms with Crippen molar-refractivity contribution in [3.63, 3.8) is 0 Å². The van der Waals surface area contributed by atoms with Crippen LogP contribution >= 0.6 is 23.1 Å². The normalized spacial score (nSPS) is 11.3. The number of urea groups is 1. The van der Waals surface area contributed by atoms with Crippen LogP contribution in [-0.2, 0) is 38.4 Å². The van der Waals surface area contributed by atoms with Crippen molar-refractivity contribution < 1.29 is 46.6 Å². The molecule has 57 heavy (non-hydrogen) atoms. The van der Waals surface area contributed by atoms with Crippen molar-refractivity contribution in [2.45, 2.75) is 99.2 Å². The van der Waals surface area contributed by atoms with Crippen LogP contribution in [0.1, 0.15) is 83.1 Å². The van der Waals surface area contributed by atoms with Crippen molar-refractivity contribution in [1.82, 2.24) is 10.6 Å². The maximum atomic E-state index is 14.2. The molecule has 0 atom stereocenters. The Kier molecular flexibility index (Phi) is 17.6. The monoisotopic (exact) mass is 845 g/mol. The number of hydrogen-bond donors (Lipinski definition) is 5. The van der Waals surface area contributed by atoms with E-state index < -0.39 is 39.4 Å². The van der Waals surface area contributed by atoms with Gasteiger partial charge in [0, 0.05) is 37.1 Å². The summed E-state index contributed by atoms with van der Waals surface area (Å²) in [5.74, 6) is -1.43. The summed E-state index contributed by atoms with van der Waals surface area (Å²) in [6.07, 6.45) is 3.45. The van der Waals surface area contributed by atoms with Crippen LogP contribution < -0.4 is 21.3 Å². The lowest BCUT2D eigenvalue weighted by Gasteiger charge is -2.19. The third-order valence-electron chi connectivity index (χ3n) is 7.97. The minimum atomic E-state index is -4.17. The summed E-state index contributed by atoms with van der Waals surface area (Å²) in [6.45, 7) is 9.26. The second kappa shape index (κ2) is 21.5. The number of nitrogens with one attached hydrogen (secondary N) is 5. The number of carbonyl (C=O) groups excluding carboxylic acids is 5. The number of rotatable bonds is 18. The average molecular weight is 846 g/mol. The SMILES string of the molecule is CCOC(=O)CCCCCNC(=O)Nc1cc(C)c(-c2cccc(S(=O)(=O)c3cc(C(=N)NC(=O)OC(C)(C)C)sc3SC)c2)c(NC(=O)CCCC(=O)OC)c1. The number of aryl methyl sites for hydroxylation is 1. The molecule has 0 fully saturated rings. The van der Waals surface area contributed by atoms with Crippen molar-refractivity contribution in [2.75, 3.05) is 37.2 Å². The van der Waals surface area contributed by atoms with Crippen LogP contribution in [0, 0.1) is 12.3 Å². The third kappa shape index (κ3) is 14.5. The van der Waals surface area contributed by atoms with Crippen LogP contribution in [0.3, 0.4) is 0 Å². The zero-order chi connectivity index (χ0) is 42.3. The molecule has 0 aliphatic rings. The smallest absolute Gasteiger partial charge is 0.413 e. The van der Waals surface area contributed by atoms with Crippen LogP contribution in [0.4, 0.5) is 21.0 Å².